The standard InChI is InChI=1S/C13H13FN2O3/c1-7(10-3-2-6-19-10)16-9-5-4-8(14)12(15)11(9)13(17)18/h2-7,16H,15H2,1H3,(H,17,18). The largest absolute Gasteiger partial charge is 0.478 e. The van der Waals surface area contributed by atoms with Crippen LogP contribution in [0.3, 0.4) is 0 Å². The summed E-state index contributed by atoms with van der Waals surface area (Å²) in [6, 6.07) is 5.68. The summed E-state index contributed by atoms with van der Waals surface area (Å²) in [5.41, 5.74) is 5.04. The molecule has 1 unspecified atom stereocenters. The fraction of sp³-hybridized carbons (Fsp3) is 0.154. The Morgan fingerprint density at radius 2 is 2.21 bits per heavy atom. The van der Waals surface area contributed by atoms with Gasteiger partial charge in [-0.15, -0.1) is 0 Å². The van der Waals surface area contributed by atoms with E-state index >= 15 is 0 Å². The van der Waals surface area contributed by atoms with Gasteiger partial charge in [-0.1, -0.05) is 0 Å². The quantitative estimate of drug-likeness (QED) is 0.739. The van der Waals surface area contributed by atoms with E-state index in [9.17, 15) is 9.18 Å². The molecule has 4 N–H and O–H groups in total. The van der Waals surface area contributed by atoms with Crippen LogP contribution in [-0.2, 0) is 0 Å². The number of nitrogens with one attached hydrogen (secondary N) is 1. The SMILES string of the molecule is CC(Nc1ccc(F)c(N)c1C(=O)O)c1ccco1. The first-order valence-electron chi connectivity index (χ1n) is 5.62. The molecule has 0 spiro atoms. The van der Waals surface area contributed by atoms with Gasteiger partial charge < -0.3 is 20.6 Å². The summed E-state index contributed by atoms with van der Waals surface area (Å²) in [6.45, 7) is 1.80. The molecule has 6 heteroatoms. The van der Waals surface area contributed by atoms with Crippen molar-refractivity contribution in [1.82, 2.24) is 0 Å². The van der Waals surface area contributed by atoms with Crippen LogP contribution in [-0.4, -0.2) is 11.1 Å². The molecule has 0 saturated carbocycles. The number of carbonyl (C=O) groups is 1. The average Bonchev–Trinajstić information content (AvgIpc) is 2.87. The summed E-state index contributed by atoms with van der Waals surface area (Å²) < 4.78 is 18.5. The van der Waals surface area contributed by atoms with Gasteiger partial charge in [-0.2, -0.15) is 0 Å². The molecule has 0 fully saturated rings. The lowest BCUT2D eigenvalue weighted by Crippen LogP contribution is -2.13. The van der Waals surface area contributed by atoms with Crippen molar-refractivity contribution in [2.75, 3.05) is 11.1 Å². The molecular weight excluding hydrogens is 251 g/mol. The predicted octanol–water partition coefficient (Wildman–Crippen LogP) is 2.87. The normalized spacial score (nSPS) is 12.1. The van der Waals surface area contributed by atoms with Gasteiger partial charge >= 0.3 is 5.97 Å². The molecular formula is C13H13FN2O3. The number of nitrogens with two attached hydrogens (primary N) is 1. The van der Waals surface area contributed by atoms with E-state index in [4.69, 9.17) is 15.3 Å². The minimum Gasteiger partial charge on any atom is -0.478 e. The highest BCUT2D eigenvalue weighted by Crippen LogP contribution is 2.28. The van der Waals surface area contributed by atoms with E-state index in [-0.39, 0.29) is 23.0 Å². The maximum Gasteiger partial charge on any atom is 0.340 e. The number of furan rings is 1. The molecule has 0 bridgehead atoms. The fourth-order valence-electron chi connectivity index (χ4n) is 1.79. The number of hydrogen-bond acceptors (Lipinski definition) is 4. The molecule has 0 saturated heterocycles. The zero-order chi connectivity index (χ0) is 14.0. The minimum absolute atomic E-state index is 0.246. The third-order valence-corrected chi connectivity index (χ3v) is 2.75. The molecule has 0 aliphatic rings. The van der Waals surface area contributed by atoms with Crippen molar-refractivity contribution >= 4 is 17.3 Å². The van der Waals surface area contributed by atoms with E-state index < -0.39 is 11.8 Å². The van der Waals surface area contributed by atoms with Gasteiger partial charge in [0.2, 0.25) is 0 Å². The molecule has 1 atom stereocenters. The summed E-state index contributed by atoms with van der Waals surface area (Å²) in [6.07, 6.45) is 1.52. The van der Waals surface area contributed by atoms with Crippen molar-refractivity contribution in [1.29, 1.82) is 0 Å². The predicted molar refractivity (Wildman–Crippen MR) is 68.5 cm³/mol. The highest BCUT2D eigenvalue weighted by Gasteiger charge is 2.19. The van der Waals surface area contributed by atoms with Gasteiger partial charge in [-0.05, 0) is 31.2 Å². The monoisotopic (exact) mass is 264 g/mol. The lowest BCUT2D eigenvalue weighted by atomic mass is 10.1. The summed E-state index contributed by atoms with van der Waals surface area (Å²) >= 11 is 0. The first kappa shape index (κ1) is 12.9. The third-order valence-electron chi connectivity index (χ3n) is 2.75. The van der Waals surface area contributed by atoms with E-state index in [2.05, 4.69) is 5.32 Å². The van der Waals surface area contributed by atoms with E-state index in [0.717, 1.165) is 6.07 Å². The van der Waals surface area contributed by atoms with Gasteiger partial charge in [0, 0.05) is 0 Å². The smallest absolute Gasteiger partial charge is 0.340 e. The molecule has 1 aromatic heterocycles. The molecule has 0 aliphatic heterocycles. The Morgan fingerprint density at radius 1 is 1.47 bits per heavy atom. The second-order valence-corrected chi connectivity index (χ2v) is 4.07. The van der Waals surface area contributed by atoms with E-state index in [0.29, 0.717) is 5.76 Å². The van der Waals surface area contributed by atoms with Crippen molar-refractivity contribution in [3.05, 3.63) is 47.7 Å². The molecule has 0 aliphatic carbocycles. The van der Waals surface area contributed by atoms with Gasteiger partial charge in [0.25, 0.3) is 0 Å². The second kappa shape index (κ2) is 5.01. The summed E-state index contributed by atoms with van der Waals surface area (Å²) in [7, 11) is 0. The number of aromatic carboxylic acids is 1. The maximum atomic E-state index is 13.3. The molecule has 0 amide bonds. The number of halogens is 1. The molecule has 2 rings (SSSR count). The Bertz CT molecular complexity index is 596. The van der Waals surface area contributed by atoms with Crippen LogP contribution in [0.25, 0.3) is 0 Å². The van der Waals surface area contributed by atoms with Gasteiger partial charge in [0.05, 0.1) is 23.7 Å². The van der Waals surface area contributed by atoms with Crippen molar-refractivity contribution < 1.29 is 18.7 Å². The third kappa shape index (κ3) is 2.52. The van der Waals surface area contributed by atoms with Gasteiger partial charge in [-0.25, -0.2) is 9.18 Å². The number of rotatable bonds is 4. The van der Waals surface area contributed by atoms with Gasteiger partial charge in [0.1, 0.15) is 17.1 Å². The Morgan fingerprint density at radius 3 is 2.79 bits per heavy atom. The first-order chi connectivity index (χ1) is 9.00. The lowest BCUT2D eigenvalue weighted by Gasteiger charge is -2.16. The van der Waals surface area contributed by atoms with Crippen LogP contribution in [0.15, 0.2) is 34.9 Å². The van der Waals surface area contributed by atoms with Gasteiger partial charge in [-0.3, -0.25) is 0 Å². The minimum atomic E-state index is -1.29. The zero-order valence-corrected chi connectivity index (χ0v) is 10.2. The Balaban J connectivity index is 2.35. The average molecular weight is 264 g/mol. The van der Waals surface area contributed by atoms with Crippen LogP contribution >= 0.6 is 0 Å². The van der Waals surface area contributed by atoms with Crippen LogP contribution in [0, 0.1) is 5.82 Å². The molecule has 1 heterocycles. The van der Waals surface area contributed by atoms with E-state index in [1.807, 2.05) is 0 Å². The first-order valence-corrected chi connectivity index (χ1v) is 5.62. The van der Waals surface area contributed by atoms with Crippen molar-refractivity contribution in [2.45, 2.75) is 13.0 Å². The number of hydrogen-bond donors (Lipinski definition) is 3. The highest BCUT2D eigenvalue weighted by atomic mass is 19.1. The van der Waals surface area contributed by atoms with Gasteiger partial charge in [0.15, 0.2) is 0 Å². The molecule has 0 radical (unpaired) electrons. The number of benzene rings is 1. The van der Waals surface area contributed by atoms with Crippen LogP contribution < -0.4 is 11.1 Å². The highest BCUT2D eigenvalue weighted by molar-refractivity contribution is 6.00. The van der Waals surface area contributed by atoms with E-state index in [1.54, 1.807) is 19.1 Å². The second-order valence-electron chi connectivity index (χ2n) is 4.07. The van der Waals surface area contributed by atoms with Crippen LogP contribution in [0.5, 0.6) is 0 Å². The number of anilines is 2. The van der Waals surface area contributed by atoms with Crippen LogP contribution in [0.4, 0.5) is 15.8 Å². The summed E-state index contributed by atoms with van der Waals surface area (Å²) in [5.74, 6) is -1.40. The van der Waals surface area contributed by atoms with Crippen LogP contribution in [0.2, 0.25) is 0 Å². The number of nitrogen functional groups attached to an aromatic ring is 1. The fourth-order valence-corrected chi connectivity index (χ4v) is 1.79. The zero-order valence-electron chi connectivity index (χ0n) is 10.2. The molecule has 1 aromatic carbocycles. The number of carboxylic acid groups (broad SMARTS) is 1. The Labute approximate surface area is 108 Å². The Hall–Kier alpha value is -2.50. The van der Waals surface area contributed by atoms with Crippen molar-refractivity contribution in [2.24, 2.45) is 0 Å². The topological polar surface area (TPSA) is 88.5 Å². The van der Waals surface area contributed by atoms with E-state index in [1.165, 1.54) is 12.3 Å². The molecule has 19 heavy (non-hydrogen) atoms. The molecule has 2 aromatic rings. The summed E-state index contributed by atoms with van der Waals surface area (Å²) in [4.78, 5) is 11.2. The maximum absolute atomic E-state index is 13.3. The molecule has 100 valence electrons. The number of carboxylic acids is 1. The van der Waals surface area contributed by atoms with Crippen LogP contribution in [0.1, 0.15) is 29.1 Å². The molecule has 5 nitrogen and oxygen atoms in total. The van der Waals surface area contributed by atoms with Crippen molar-refractivity contribution in [3.63, 3.8) is 0 Å². The Kier molecular flexibility index (Phi) is 3.41. The van der Waals surface area contributed by atoms with Crippen molar-refractivity contribution in [3.8, 4) is 0 Å². The lowest BCUT2D eigenvalue weighted by molar-refractivity contribution is 0.0698. The summed E-state index contributed by atoms with van der Waals surface area (Å²) in [5, 5.41) is 12.0.